The van der Waals surface area contributed by atoms with Crippen molar-refractivity contribution in [1.29, 1.82) is 0 Å². The van der Waals surface area contributed by atoms with Gasteiger partial charge in [0.15, 0.2) is 0 Å². The Morgan fingerprint density at radius 1 is 1.00 bits per heavy atom. The minimum atomic E-state index is -0.201. The van der Waals surface area contributed by atoms with E-state index in [-0.39, 0.29) is 12.1 Å². The van der Waals surface area contributed by atoms with Crippen molar-refractivity contribution in [2.24, 2.45) is 0 Å². The summed E-state index contributed by atoms with van der Waals surface area (Å²) in [5.74, 6) is 0. The number of pyridine rings is 1. The van der Waals surface area contributed by atoms with Crippen LogP contribution in [-0.4, -0.2) is 11.0 Å². The van der Waals surface area contributed by atoms with Crippen LogP contribution in [0.3, 0.4) is 0 Å². The number of amides is 2. The maximum Gasteiger partial charge on any atom is 0.319 e. The standard InChI is InChI=1S/C22H23N3O/c1-3-21(18-7-5-4-6-8-18)25-22(26)24-20-11-9-17(10-12-20)19-13-14-23-16(2)15-19/h4-15,21H,3H2,1-2H3,(H2,24,25,26). The fourth-order valence-electron chi connectivity index (χ4n) is 2.90. The van der Waals surface area contributed by atoms with Crippen LogP contribution in [0.1, 0.15) is 30.6 Å². The second-order valence-electron chi connectivity index (χ2n) is 6.23. The predicted octanol–water partition coefficient (Wildman–Crippen LogP) is 5.33. The van der Waals surface area contributed by atoms with E-state index >= 15 is 0 Å². The van der Waals surface area contributed by atoms with E-state index < -0.39 is 0 Å². The lowest BCUT2D eigenvalue weighted by atomic mass is 10.1. The molecule has 1 unspecified atom stereocenters. The summed E-state index contributed by atoms with van der Waals surface area (Å²) in [7, 11) is 0. The number of rotatable bonds is 5. The highest BCUT2D eigenvalue weighted by molar-refractivity contribution is 5.89. The Morgan fingerprint density at radius 3 is 2.38 bits per heavy atom. The van der Waals surface area contributed by atoms with Gasteiger partial charge < -0.3 is 10.6 Å². The van der Waals surface area contributed by atoms with Crippen LogP contribution in [0.5, 0.6) is 0 Å². The Morgan fingerprint density at radius 2 is 1.73 bits per heavy atom. The number of carbonyl (C=O) groups is 1. The molecule has 2 aromatic carbocycles. The summed E-state index contributed by atoms with van der Waals surface area (Å²) in [6.45, 7) is 4.03. The molecule has 3 aromatic rings. The summed E-state index contributed by atoms with van der Waals surface area (Å²) in [5.41, 5.74) is 5.06. The van der Waals surface area contributed by atoms with E-state index in [0.29, 0.717) is 0 Å². The normalized spacial score (nSPS) is 11.6. The summed E-state index contributed by atoms with van der Waals surface area (Å²) in [5, 5.41) is 5.93. The quantitative estimate of drug-likeness (QED) is 0.656. The molecule has 0 spiro atoms. The molecular formula is C22H23N3O. The van der Waals surface area contributed by atoms with Crippen LogP contribution in [0.2, 0.25) is 0 Å². The Hall–Kier alpha value is -3.14. The smallest absolute Gasteiger partial charge is 0.319 e. The maximum absolute atomic E-state index is 12.3. The average Bonchev–Trinajstić information content (AvgIpc) is 2.67. The number of nitrogens with one attached hydrogen (secondary N) is 2. The van der Waals surface area contributed by atoms with Crippen molar-refractivity contribution in [3.63, 3.8) is 0 Å². The van der Waals surface area contributed by atoms with Gasteiger partial charge in [0.1, 0.15) is 0 Å². The average molecular weight is 345 g/mol. The van der Waals surface area contributed by atoms with Crippen molar-refractivity contribution in [2.75, 3.05) is 5.32 Å². The molecule has 2 N–H and O–H groups in total. The summed E-state index contributed by atoms with van der Waals surface area (Å²) in [6, 6.07) is 21.6. The highest BCUT2D eigenvalue weighted by atomic mass is 16.2. The number of carbonyl (C=O) groups excluding carboxylic acids is 1. The molecule has 4 nitrogen and oxygen atoms in total. The van der Waals surface area contributed by atoms with E-state index in [2.05, 4.69) is 22.5 Å². The highest BCUT2D eigenvalue weighted by Gasteiger charge is 2.12. The zero-order chi connectivity index (χ0) is 18.4. The molecule has 0 saturated carbocycles. The maximum atomic E-state index is 12.3. The summed E-state index contributed by atoms with van der Waals surface area (Å²) >= 11 is 0. The molecule has 132 valence electrons. The molecule has 0 aliphatic carbocycles. The lowest BCUT2D eigenvalue weighted by Gasteiger charge is -2.18. The third-order valence-corrected chi connectivity index (χ3v) is 4.29. The number of anilines is 1. The van der Waals surface area contributed by atoms with E-state index in [1.165, 1.54) is 0 Å². The molecule has 26 heavy (non-hydrogen) atoms. The van der Waals surface area contributed by atoms with Gasteiger partial charge in [0.05, 0.1) is 6.04 Å². The van der Waals surface area contributed by atoms with Crippen molar-refractivity contribution < 1.29 is 4.79 Å². The van der Waals surface area contributed by atoms with Gasteiger partial charge >= 0.3 is 6.03 Å². The van der Waals surface area contributed by atoms with Crippen LogP contribution in [0.4, 0.5) is 10.5 Å². The fraction of sp³-hybridized carbons (Fsp3) is 0.182. The zero-order valence-corrected chi connectivity index (χ0v) is 15.1. The van der Waals surface area contributed by atoms with Crippen LogP contribution >= 0.6 is 0 Å². The van der Waals surface area contributed by atoms with Crippen molar-refractivity contribution in [2.45, 2.75) is 26.3 Å². The van der Waals surface area contributed by atoms with Crippen molar-refractivity contribution in [3.8, 4) is 11.1 Å². The van der Waals surface area contributed by atoms with E-state index in [9.17, 15) is 4.79 Å². The third kappa shape index (κ3) is 4.48. The molecule has 1 aromatic heterocycles. The molecule has 0 radical (unpaired) electrons. The molecule has 0 fully saturated rings. The van der Waals surface area contributed by atoms with Crippen LogP contribution in [0.15, 0.2) is 72.9 Å². The minimum Gasteiger partial charge on any atom is -0.331 e. The summed E-state index contributed by atoms with van der Waals surface area (Å²) in [4.78, 5) is 16.5. The SMILES string of the molecule is CCC(NC(=O)Nc1ccc(-c2ccnc(C)c2)cc1)c1ccccc1. The number of aromatic nitrogens is 1. The van der Waals surface area contributed by atoms with Gasteiger partial charge in [0.2, 0.25) is 0 Å². The van der Waals surface area contributed by atoms with Gasteiger partial charge in [0, 0.05) is 17.6 Å². The van der Waals surface area contributed by atoms with Crippen LogP contribution in [0, 0.1) is 6.92 Å². The van der Waals surface area contributed by atoms with Gasteiger partial charge in [-0.25, -0.2) is 4.79 Å². The number of hydrogen-bond donors (Lipinski definition) is 2. The Balaban J connectivity index is 1.64. The van der Waals surface area contributed by atoms with Gasteiger partial charge in [-0.3, -0.25) is 4.98 Å². The third-order valence-electron chi connectivity index (χ3n) is 4.29. The first-order valence-corrected chi connectivity index (χ1v) is 8.81. The predicted molar refractivity (Wildman–Crippen MR) is 106 cm³/mol. The van der Waals surface area contributed by atoms with Crippen molar-refractivity contribution in [3.05, 3.63) is 84.2 Å². The lowest BCUT2D eigenvalue weighted by Crippen LogP contribution is -2.32. The number of benzene rings is 2. The molecule has 0 aliphatic rings. The fourth-order valence-corrected chi connectivity index (χ4v) is 2.90. The van der Waals surface area contributed by atoms with E-state index in [1.807, 2.05) is 73.7 Å². The molecular weight excluding hydrogens is 322 g/mol. The zero-order valence-electron chi connectivity index (χ0n) is 15.1. The first kappa shape index (κ1) is 17.7. The largest absolute Gasteiger partial charge is 0.331 e. The molecule has 0 aliphatic heterocycles. The first-order valence-electron chi connectivity index (χ1n) is 8.81. The highest BCUT2D eigenvalue weighted by Crippen LogP contribution is 2.22. The molecule has 0 bridgehead atoms. The van der Waals surface area contributed by atoms with E-state index in [1.54, 1.807) is 6.20 Å². The second kappa shape index (κ2) is 8.30. The molecule has 4 heteroatoms. The van der Waals surface area contributed by atoms with Gasteiger partial charge in [-0.2, -0.15) is 0 Å². The van der Waals surface area contributed by atoms with Crippen LogP contribution < -0.4 is 10.6 Å². The number of nitrogens with zero attached hydrogens (tertiary/aromatic N) is 1. The van der Waals surface area contributed by atoms with Gasteiger partial charge in [0.25, 0.3) is 0 Å². The molecule has 1 atom stereocenters. The molecule has 3 rings (SSSR count). The molecule has 0 saturated heterocycles. The van der Waals surface area contributed by atoms with E-state index in [0.717, 1.165) is 34.5 Å². The minimum absolute atomic E-state index is 0.00438. The Kier molecular flexibility index (Phi) is 5.64. The summed E-state index contributed by atoms with van der Waals surface area (Å²) in [6.07, 6.45) is 2.64. The monoisotopic (exact) mass is 345 g/mol. The second-order valence-corrected chi connectivity index (χ2v) is 6.23. The topological polar surface area (TPSA) is 54.0 Å². The molecule has 2 amide bonds. The van der Waals surface area contributed by atoms with Gasteiger partial charge in [-0.1, -0.05) is 49.4 Å². The van der Waals surface area contributed by atoms with Crippen LogP contribution in [-0.2, 0) is 0 Å². The number of hydrogen-bond acceptors (Lipinski definition) is 2. The van der Waals surface area contributed by atoms with Crippen LogP contribution in [0.25, 0.3) is 11.1 Å². The lowest BCUT2D eigenvalue weighted by molar-refractivity contribution is 0.248. The number of aryl methyl sites for hydroxylation is 1. The first-order chi connectivity index (χ1) is 12.7. The van der Waals surface area contributed by atoms with Gasteiger partial charge in [-0.05, 0) is 54.3 Å². The van der Waals surface area contributed by atoms with Gasteiger partial charge in [-0.15, -0.1) is 0 Å². The van der Waals surface area contributed by atoms with Crippen molar-refractivity contribution in [1.82, 2.24) is 10.3 Å². The number of urea groups is 1. The Bertz CT molecular complexity index is 860. The summed E-state index contributed by atoms with van der Waals surface area (Å²) < 4.78 is 0. The Labute approximate surface area is 154 Å². The molecule has 1 heterocycles. The van der Waals surface area contributed by atoms with Crippen molar-refractivity contribution >= 4 is 11.7 Å². The van der Waals surface area contributed by atoms with E-state index in [4.69, 9.17) is 0 Å².